The average Bonchev–Trinajstić information content (AvgIpc) is 2.72. The molecule has 0 unspecified atom stereocenters. The molecule has 0 fully saturated rings. The van der Waals surface area contributed by atoms with Gasteiger partial charge in [-0.25, -0.2) is 4.98 Å². The van der Waals surface area contributed by atoms with E-state index in [9.17, 15) is 8.42 Å². The summed E-state index contributed by atoms with van der Waals surface area (Å²) in [4.78, 5) is 9.09. The number of aromatic nitrogens is 2. The first kappa shape index (κ1) is 22.1. The normalized spacial score (nSPS) is 12.2. The number of benzene rings is 2. The minimum atomic E-state index is -4.20. The van der Waals surface area contributed by atoms with Gasteiger partial charge in [0, 0.05) is 30.6 Å². The fourth-order valence-electron chi connectivity index (χ4n) is 3.95. The zero-order valence-electron chi connectivity index (χ0n) is 18.3. The molecule has 2 aromatic heterocycles. The van der Waals surface area contributed by atoms with Crippen molar-refractivity contribution in [1.29, 1.82) is 0 Å². The standard InChI is InChI=1S/C24H26N4O3S/c1-15-4-9-20-21-12-17(13-26-23(21)24(25)27-22(20)10-15)5-7-19-8-6-18(11-16(19)2)14-28(3)32(29,30)31/h4,6,8-13H,5,7,14H2,1-3H3,(H2,25,27)(H,29,30,31). The average molecular weight is 451 g/mol. The first-order valence-electron chi connectivity index (χ1n) is 10.3. The third kappa shape index (κ3) is 4.57. The van der Waals surface area contributed by atoms with Crippen LogP contribution in [0.3, 0.4) is 0 Å². The number of hydrogen-bond donors (Lipinski definition) is 2. The molecule has 0 bridgehead atoms. The number of aryl methyl sites for hydroxylation is 4. The molecule has 0 aliphatic heterocycles. The van der Waals surface area contributed by atoms with Crippen molar-refractivity contribution in [2.45, 2.75) is 33.2 Å². The van der Waals surface area contributed by atoms with Gasteiger partial charge in [0.15, 0.2) is 5.82 Å². The number of hydrogen-bond acceptors (Lipinski definition) is 5. The molecule has 7 nitrogen and oxygen atoms in total. The number of pyridine rings is 2. The van der Waals surface area contributed by atoms with E-state index in [4.69, 9.17) is 10.3 Å². The summed E-state index contributed by atoms with van der Waals surface area (Å²) < 4.78 is 32.5. The van der Waals surface area contributed by atoms with E-state index in [-0.39, 0.29) is 6.54 Å². The summed E-state index contributed by atoms with van der Waals surface area (Å²) in [6, 6.07) is 14.2. The second-order valence-corrected chi connectivity index (χ2v) is 9.77. The Bertz CT molecular complexity index is 1430. The Morgan fingerprint density at radius 3 is 2.50 bits per heavy atom. The monoisotopic (exact) mass is 450 g/mol. The highest BCUT2D eigenvalue weighted by molar-refractivity contribution is 7.83. The number of fused-ring (bicyclic) bond motifs is 3. The lowest BCUT2D eigenvalue weighted by Crippen LogP contribution is -2.25. The third-order valence-corrected chi connectivity index (χ3v) is 6.68. The van der Waals surface area contributed by atoms with Gasteiger partial charge in [-0.3, -0.25) is 9.54 Å². The Hall–Kier alpha value is -3.07. The van der Waals surface area contributed by atoms with Gasteiger partial charge in [-0.1, -0.05) is 30.3 Å². The van der Waals surface area contributed by atoms with Crippen molar-refractivity contribution < 1.29 is 13.0 Å². The molecular weight excluding hydrogens is 424 g/mol. The summed E-state index contributed by atoms with van der Waals surface area (Å²) in [5.74, 6) is 0.436. The van der Waals surface area contributed by atoms with E-state index < -0.39 is 10.3 Å². The predicted molar refractivity (Wildman–Crippen MR) is 128 cm³/mol. The highest BCUT2D eigenvalue weighted by Gasteiger charge is 2.14. The van der Waals surface area contributed by atoms with Crippen molar-refractivity contribution in [2.24, 2.45) is 0 Å². The van der Waals surface area contributed by atoms with Crippen LogP contribution in [0.25, 0.3) is 21.8 Å². The largest absolute Gasteiger partial charge is 0.382 e. The molecule has 4 rings (SSSR count). The lowest BCUT2D eigenvalue weighted by Gasteiger charge is -2.14. The minimum Gasteiger partial charge on any atom is -0.382 e. The molecule has 3 N–H and O–H groups in total. The molecule has 0 amide bonds. The number of anilines is 1. The molecule has 0 saturated carbocycles. The summed E-state index contributed by atoms with van der Waals surface area (Å²) in [6.07, 6.45) is 3.49. The topological polar surface area (TPSA) is 109 Å². The van der Waals surface area contributed by atoms with Crippen LogP contribution in [0.1, 0.15) is 27.8 Å². The molecular formula is C24H26N4O3S. The maximum Gasteiger partial charge on any atom is 0.335 e. The van der Waals surface area contributed by atoms with E-state index in [0.717, 1.165) is 55.7 Å². The summed E-state index contributed by atoms with van der Waals surface area (Å²) in [5, 5.41) is 2.04. The van der Waals surface area contributed by atoms with Crippen molar-refractivity contribution in [3.8, 4) is 0 Å². The molecule has 166 valence electrons. The van der Waals surface area contributed by atoms with Crippen LogP contribution < -0.4 is 5.73 Å². The van der Waals surface area contributed by atoms with Gasteiger partial charge in [-0.05, 0) is 66.6 Å². The van der Waals surface area contributed by atoms with E-state index in [1.54, 1.807) is 0 Å². The highest BCUT2D eigenvalue weighted by Crippen LogP contribution is 2.28. The fraction of sp³-hybridized carbons (Fsp3) is 0.250. The van der Waals surface area contributed by atoms with E-state index in [2.05, 4.69) is 28.2 Å². The van der Waals surface area contributed by atoms with Crippen LogP contribution in [0.4, 0.5) is 5.82 Å². The van der Waals surface area contributed by atoms with Crippen molar-refractivity contribution >= 4 is 37.9 Å². The van der Waals surface area contributed by atoms with Crippen molar-refractivity contribution in [3.05, 3.63) is 76.5 Å². The number of nitrogen functional groups attached to an aromatic ring is 1. The molecule has 0 atom stereocenters. The van der Waals surface area contributed by atoms with Crippen LogP contribution in [0, 0.1) is 13.8 Å². The van der Waals surface area contributed by atoms with Gasteiger partial charge in [0.2, 0.25) is 0 Å². The van der Waals surface area contributed by atoms with E-state index in [1.807, 2.05) is 44.3 Å². The second-order valence-electron chi connectivity index (χ2n) is 8.25. The zero-order valence-corrected chi connectivity index (χ0v) is 19.1. The predicted octanol–water partition coefficient (Wildman–Crippen LogP) is 4.00. The summed E-state index contributed by atoms with van der Waals surface area (Å²) in [6.45, 7) is 4.16. The first-order chi connectivity index (χ1) is 15.1. The summed E-state index contributed by atoms with van der Waals surface area (Å²) in [5.41, 5.74) is 13.1. The maximum atomic E-state index is 11.2. The van der Waals surface area contributed by atoms with Gasteiger partial charge in [0.1, 0.15) is 5.52 Å². The molecule has 8 heteroatoms. The third-order valence-electron chi connectivity index (χ3n) is 5.76. The Labute approximate surface area is 187 Å². The Balaban J connectivity index is 1.57. The van der Waals surface area contributed by atoms with E-state index in [1.165, 1.54) is 12.6 Å². The molecule has 0 aliphatic carbocycles. The maximum absolute atomic E-state index is 11.2. The first-order valence-corrected chi connectivity index (χ1v) is 11.7. The Kier molecular flexibility index (Phi) is 5.85. The number of nitrogens with zero attached hydrogens (tertiary/aromatic N) is 3. The molecule has 2 aromatic carbocycles. The fourth-order valence-corrected chi connectivity index (χ4v) is 4.27. The van der Waals surface area contributed by atoms with Crippen LogP contribution >= 0.6 is 0 Å². The quantitative estimate of drug-likeness (QED) is 0.339. The summed E-state index contributed by atoms with van der Waals surface area (Å²) >= 11 is 0. The highest BCUT2D eigenvalue weighted by atomic mass is 32.2. The van der Waals surface area contributed by atoms with Gasteiger partial charge in [-0.2, -0.15) is 12.7 Å². The van der Waals surface area contributed by atoms with Gasteiger partial charge in [0.05, 0.1) is 5.52 Å². The molecule has 0 saturated heterocycles. The van der Waals surface area contributed by atoms with Crippen LogP contribution in [-0.2, 0) is 29.7 Å². The van der Waals surface area contributed by atoms with Gasteiger partial charge in [0.25, 0.3) is 0 Å². The molecule has 0 spiro atoms. The van der Waals surface area contributed by atoms with Crippen LogP contribution in [0.2, 0.25) is 0 Å². The SMILES string of the molecule is Cc1ccc2c(c1)nc(N)c1ncc(CCc3ccc(CN(C)S(=O)(=O)O)cc3C)cc12. The van der Waals surface area contributed by atoms with E-state index >= 15 is 0 Å². The number of rotatable bonds is 6. The van der Waals surface area contributed by atoms with Gasteiger partial charge in [-0.15, -0.1) is 0 Å². The lowest BCUT2D eigenvalue weighted by atomic mass is 9.98. The smallest absolute Gasteiger partial charge is 0.335 e. The Morgan fingerprint density at radius 1 is 1.00 bits per heavy atom. The molecule has 4 aromatic rings. The molecule has 0 aliphatic rings. The Morgan fingerprint density at radius 2 is 1.78 bits per heavy atom. The lowest BCUT2D eigenvalue weighted by molar-refractivity contribution is 0.383. The molecule has 32 heavy (non-hydrogen) atoms. The van der Waals surface area contributed by atoms with Crippen molar-refractivity contribution in [3.63, 3.8) is 0 Å². The van der Waals surface area contributed by atoms with Crippen LogP contribution in [0.15, 0.2) is 48.7 Å². The van der Waals surface area contributed by atoms with Gasteiger partial charge < -0.3 is 5.73 Å². The number of nitrogens with two attached hydrogens (primary N) is 1. The second kappa shape index (κ2) is 8.46. The minimum absolute atomic E-state index is 0.122. The summed E-state index contributed by atoms with van der Waals surface area (Å²) in [7, 11) is -2.85. The molecule has 0 radical (unpaired) electrons. The molecule has 2 heterocycles. The van der Waals surface area contributed by atoms with Crippen LogP contribution in [0.5, 0.6) is 0 Å². The van der Waals surface area contributed by atoms with E-state index in [0.29, 0.717) is 11.3 Å². The van der Waals surface area contributed by atoms with Gasteiger partial charge >= 0.3 is 10.3 Å². The zero-order chi connectivity index (χ0) is 23.0. The van der Waals surface area contributed by atoms with Crippen LogP contribution in [-0.4, -0.2) is 34.3 Å². The van der Waals surface area contributed by atoms with Crippen molar-refractivity contribution in [2.75, 3.05) is 12.8 Å². The van der Waals surface area contributed by atoms with Crippen molar-refractivity contribution in [1.82, 2.24) is 14.3 Å².